The van der Waals surface area contributed by atoms with Crippen LogP contribution in [0.25, 0.3) is 5.32 Å². The van der Waals surface area contributed by atoms with Crippen LogP contribution in [0.2, 0.25) is 0 Å². The van der Waals surface area contributed by atoms with Crippen molar-refractivity contribution in [2.24, 2.45) is 0 Å². The Morgan fingerprint density at radius 3 is 2.14 bits per heavy atom. The van der Waals surface area contributed by atoms with Gasteiger partial charge in [-0.25, -0.2) is 0 Å². The van der Waals surface area contributed by atoms with Crippen LogP contribution in [-0.2, 0) is 20.4 Å². The van der Waals surface area contributed by atoms with Crippen LogP contribution in [0.4, 0.5) is 0 Å². The predicted molar refractivity (Wildman–Crippen MR) is 25.9 cm³/mol. The second-order valence-electron chi connectivity index (χ2n) is 1.57. The Bertz CT molecular complexity index is 42.2. The van der Waals surface area contributed by atoms with Gasteiger partial charge in [0.1, 0.15) is 0 Å². The van der Waals surface area contributed by atoms with Crippen LogP contribution >= 0.6 is 0 Å². The molecule has 0 aromatic heterocycles. The molecule has 7 heavy (non-hydrogen) atoms. The number of nitrogens with zero attached hydrogens (tertiary/aromatic N) is 1. The summed E-state index contributed by atoms with van der Waals surface area (Å²) >= 11 is 0. The van der Waals surface area contributed by atoms with Crippen LogP contribution in [0.5, 0.6) is 0 Å². The van der Waals surface area contributed by atoms with Crippen molar-refractivity contribution >= 4 is 0 Å². The molecule has 0 bridgehead atoms. The summed E-state index contributed by atoms with van der Waals surface area (Å²) in [7, 11) is 1.97. The van der Waals surface area contributed by atoms with Gasteiger partial charge in [-0.05, 0) is 13.1 Å². The second-order valence-corrected chi connectivity index (χ2v) is 1.57. The van der Waals surface area contributed by atoms with Crippen molar-refractivity contribution in [3.05, 3.63) is 5.32 Å². The summed E-state index contributed by atoms with van der Waals surface area (Å²) in [5, 5.41) is 7.11. The normalized spacial score (nSPS) is 20.1. The van der Waals surface area contributed by atoms with E-state index in [9.17, 15) is 0 Å². The molecule has 1 fully saturated rings. The summed E-state index contributed by atoms with van der Waals surface area (Å²) < 4.78 is 0. The molecule has 0 unspecified atom stereocenters. The maximum atomic E-state index is 4.01. The van der Waals surface area contributed by atoms with Gasteiger partial charge < -0.3 is 10.6 Å². The van der Waals surface area contributed by atoms with E-state index in [4.69, 9.17) is 0 Å². The first-order valence-corrected chi connectivity index (χ1v) is 2.24. The topological polar surface area (TPSA) is 26.1 Å². The molecule has 0 spiro atoms. The summed E-state index contributed by atoms with van der Waals surface area (Å²) in [6.45, 7) is 2.05. The standard InChI is InChI=1S/C4H9N2.Re/c1-5-4-2-6-3-4;/h4-5H,2-3H2,1H3;/q-1;. The minimum atomic E-state index is 0. The van der Waals surface area contributed by atoms with Crippen molar-refractivity contribution in [2.75, 3.05) is 20.1 Å². The molecule has 1 aliphatic heterocycles. The zero-order chi connectivity index (χ0) is 4.41. The summed E-state index contributed by atoms with van der Waals surface area (Å²) in [5.74, 6) is 0. The molecular weight excluding hydrogens is 262 g/mol. The summed E-state index contributed by atoms with van der Waals surface area (Å²) in [6, 6.07) is 0.699. The van der Waals surface area contributed by atoms with Crippen molar-refractivity contribution < 1.29 is 20.4 Å². The molecule has 1 heterocycles. The molecule has 0 atom stereocenters. The third kappa shape index (κ3) is 1.88. The Morgan fingerprint density at radius 1 is 1.57 bits per heavy atom. The molecule has 1 radical (unpaired) electrons. The summed E-state index contributed by atoms with van der Waals surface area (Å²) in [5.41, 5.74) is 0. The number of hydrogen-bond acceptors (Lipinski definition) is 1. The maximum absolute atomic E-state index is 4.01. The van der Waals surface area contributed by atoms with Crippen LogP contribution in [0, 0.1) is 0 Å². The molecule has 0 saturated carbocycles. The van der Waals surface area contributed by atoms with Crippen LogP contribution in [0.1, 0.15) is 0 Å². The van der Waals surface area contributed by atoms with Gasteiger partial charge >= 0.3 is 0 Å². The van der Waals surface area contributed by atoms with E-state index in [1.54, 1.807) is 0 Å². The first-order chi connectivity index (χ1) is 2.93. The first kappa shape index (κ1) is 7.58. The van der Waals surface area contributed by atoms with Crippen LogP contribution in [0.15, 0.2) is 0 Å². The molecule has 43 valence electrons. The fourth-order valence-electron chi connectivity index (χ4n) is 0.441. The van der Waals surface area contributed by atoms with E-state index in [0.717, 1.165) is 13.1 Å². The molecule has 1 rings (SSSR count). The number of likely N-dealkylation sites (N-methyl/N-ethyl adjacent to an activating group) is 1. The Hall–Kier alpha value is 0.582. The second kappa shape index (κ2) is 3.57. The summed E-state index contributed by atoms with van der Waals surface area (Å²) in [4.78, 5) is 0. The van der Waals surface area contributed by atoms with E-state index in [1.807, 2.05) is 7.05 Å². The molecule has 0 aliphatic carbocycles. The Balaban J connectivity index is 0.000000360. The van der Waals surface area contributed by atoms with Crippen molar-refractivity contribution in [1.82, 2.24) is 5.32 Å². The molecule has 3 heteroatoms. The van der Waals surface area contributed by atoms with Crippen molar-refractivity contribution in [1.29, 1.82) is 0 Å². The maximum Gasteiger partial charge on any atom is 0 e. The predicted octanol–water partition coefficient (Wildman–Crippen LogP) is -0.0408. The van der Waals surface area contributed by atoms with Gasteiger partial charge in [0.05, 0.1) is 0 Å². The van der Waals surface area contributed by atoms with E-state index >= 15 is 0 Å². The molecule has 0 aromatic carbocycles. The SMILES string of the molecule is CNC1C[N-]C1.[Re]. The van der Waals surface area contributed by atoms with Gasteiger partial charge in [0.15, 0.2) is 0 Å². The van der Waals surface area contributed by atoms with Gasteiger partial charge in [0, 0.05) is 20.4 Å². The smallest absolute Gasteiger partial charge is 0 e. The van der Waals surface area contributed by atoms with Crippen LogP contribution in [0.3, 0.4) is 0 Å². The third-order valence-corrected chi connectivity index (χ3v) is 1.11. The number of hydrogen-bond donors (Lipinski definition) is 1. The zero-order valence-corrected chi connectivity index (χ0v) is 7.03. The van der Waals surface area contributed by atoms with Gasteiger partial charge in [-0.3, -0.25) is 0 Å². The zero-order valence-electron chi connectivity index (χ0n) is 4.32. The number of nitrogens with one attached hydrogen (secondary N) is 1. The largest absolute Gasteiger partial charge is 0.660 e. The molecule has 2 nitrogen and oxygen atoms in total. The summed E-state index contributed by atoms with van der Waals surface area (Å²) in [6.07, 6.45) is 0. The van der Waals surface area contributed by atoms with Crippen molar-refractivity contribution in [2.45, 2.75) is 6.04 Å². The van der Waals surface area contributed by atoms with Crippen molar-refractivity contribution in [3.63, 3.8) is 0 Å². The fourth-order valence-corrected chi connectivity index (χ4v) is 0.441. The molecule has 0 amide bonds. The molecule has 1 saturated heterocycles. The minimum absolute atomic E-state index is 0. The molecule has 1 aliphatic rings. The van der Waals surface area contributed by atoms with E-state index in [0.29, 0.717) is 6.04 Å². The van der Waals surface area contributed by atoms with E-state index in [2.05, 4.69) is 10.6 Å². The van der Waals surface area contributed by atoms with Gasteiger partial charge in [0.2, 0.25) is 0 Å². The third-order valence-electron chi connectivity index (χ3n) is 1.11. The monoisotopic (exact) mass is 272 g/mol. The van der Waals surface area contributed by atoms with Gasteiger partial charge in [-0.15, -0.1) is 13.1 Å². The minimum Gasteiger partial charge on any atom is -0.660 e. The van der Waals surface area contributed by atoms with Gasteiger partial charge in [0.25, 0.3) is 0 Å². The Labute approximate surface area is 57.7 Å². The fraction of sp³-hybridized carbons (Fsp3) is 1.00. The Morgan fingerprint density at radius 2 is 2.14 bits per heavy atom. The van der Waals surface area contributed by atoms with Crippen molar-refractivity contribution in [3.8, 4) is 0 Å². The van der Waals surface area contributed by atoms with E-state index in [1.165, 1.54) is 0 Å². The Kier molecular flexibility index (Phi) is 3.86. The van der Waals surface area contributed by atoms with E-state index in [-0.39, 0.29) is 20.4 Å². The quantitative estimate of drug-likeness (QED) is 0.711. The molecular formula is C4H9N2Re-. The van der Waals surface area contributed by atoms with Gasteiger partial charge in [-0.2, -0.15) is 0 Å². The average molecular weight is 271 g/mol. The van der Waals surface area contributed by atoms with E-state index < -0.39 is 0 Å². The van der Waals surface area contributed by atoms with Gasteiger partial charge in [-0.1, -0.05) is 0 Å². The molecule has 1 N–H and O–H groups in total. The number of rotatable bonds is 1. The van der Waals surface area contributed by atoms with Crippen LogP contribution < -0.4 is 5.32 Å². The molecule has 0 aromatic rings. The first-order valence-electron chi connectivity index (χ1n) is 2.24. The average Bonchev–Trinajstić information content (AvgIpc) is 1.31. The van der Waals surface area contributed by atoms with Crippen LogP contribution in [-0.4, -0.2) is 26.2 Å².